The third-order valence-electron chi connectivity index (χ3n) is 4.86. The van der Waals surface area contributed by atoms with E-state index < -0.39 is 0 Å². The van der Waals surface area contributed by atoms with Crippen LogP contribution in [0.2, 0.25) is 0 Å². The molecule has 122 valence electrons. The second-order valence-electron chi connectivity index (χ2n) is 6.85. The summed E-state index contributed by atoms with van der Waals surface area (Å²) in [6.07, 6.45) is 8.72. The number of hydrogen-bond donors (Lipinski definition) is 2. The molecule has 5 heteroatoms. The molecule has 23 heavy (non-hydrogen) atoms. The lowest BCUT2D eigenvalue weighted by Gasteiger charge is -2.21. The second kappa shape index (κ2) is 6.22. The summed E-state index contributed by atoms with van der Waals surface area (Å²) in [6.45, 7) is 0.768. The first-order valence-corrected chi connectivity index (χ1v) is 8.73. The number of anilines is 1. The zero-order valence-electron chi connectivity index (χ0n) is 13.3. The molecular formula is C18H23N3O2. The molecule has 0 saturated heterocycles. The molecule has 2 saturated carbocycles. The zero-order valence-corrected chi connectivity index (χ0v) is 13.3. The Morgan fingerprint density at radius 3 is 2.78 bits per heavy atom. The fourth-order valence-corrected chi connectivity index (χ4v) is 3.33. The smallest absolute Gasteiger partial charge is 0.319 e. The highest BCUT2D eigenvalue weighted by atomic mass is 16.3. The number of aromatic nitrogens is 1. The minimum Gasteiger partial charge on any atom is -0.440 e. The van der Waals surface area contributed by atoms with E-state index in [1.807, 2.05) is 18.2 Å². The van der Waals surface area contributed by atoms with Gasteiger partial charge in [0.25, 0.3) is 0 Å². The average Bonchev–Trinajstić information content (AvgIpc) is 3.34. The predicted molar refractivity (Wildman–Crippen MR) is 89.6 cm³/mol. The molecule has 0 spiro atoms. The van der Waals surface area contributed by atoms with Crippen LogP contribution in [-0.2, 0) is 0 Å². The van der Waals surface area contributed by atoms with E-state index in [2.05, 4.69) is 15.6 Å². The molecule has 2 amide bonds. The maximum Gasteiger partial charge on any atom is 0.319 e. The standard InChI is InChI=1S/C18H23N3O2/c22-18(19-11-12-4-2-1-3-5-12)20-14-8-9-16-15(10-14)21-17(23-16)13-6-7-13/h8-10,12-13H,1-7,11H2,(H2,19,20,22). The van der Waals surface area contributed by atoms with E-state index in [9.17, 15) is 4.79 Å². The highest BCUT2D eigenvalue weighted by Crippen LogP contribution is 2.40. The lowest BCUT2D eigenvalue weighted by Crippen LogP contribution is -2.33. The van der Waals surface area contributed by atoms with Crippen molar-refractivity contribution in [3.05, 3.63) is 24.1 Å². The molecule has 5 nitrogen and oxygen atoms in total. The van der Waals surface area contributed by atoms with Gasteiger partial charge in [0.05, 0.1) is 0 Å². The maximum atomic E-state index is 12.0. The third kappa shape index (κ3) is 3.49. The molecule has 1 heterocycles. The van der Waals surface area contributed by atoms with Crippen molar-refractivity contribution in [3.63, 3.8) is 0 Å². The number of nitrogens with one attached hydrogen (secondary N) is 2. The zero-order chi connectivity index (χ0) is 15.6. The summed E-state index contributed by atoms with van der Waals surface area (Å²) >= 11 is 0. The van der Waals surface area contributed by atoms with Crippen LogP contribution < -0.4 is 10.6 Å². The van der Waals surface area contributed by atoms with E-state index >= 15 is 0 Å². The van der Waals surface area contributed by atoms with Gasteiger partial charge >= 0.3 is 6.03 Å². The third-order valence-corrected chi connectivity index (χ3v) is 4.86. The highest BCUT2D eigenvalue weighted by molar-refractivity contribution is 5.91. The van der Waals surface area contributed by atoms with Crippen LogP contribution >= 0.6 is 0 Å². The van der Waals surface area contributed by atoms with Gasteiger partial charge < -0.3 is 15.1 Å². The number of amides is 2. The van der Waals surface area contributed by atoms with Crippen LogP contribution in [0.4, 0.5) is 10.5 Å². The molecule has 2 aliphatic rings. The molecule has 1 aromatic carbocycles. The molecular weight excluding hydrogens is 290 g/mol. The van der Waals surface area contributed by atoms with E-state index in [-0.39, 0.29) is 6.03 Å². The van der Waals surface area contributed by atoms with Gasteiger partial charge in [-0.15, -0.1) is 0 Å². The van der Waals surface area contributed by atoms with Gasteiger partial charge in [-0.05, 0) is 49.8 Å². The molecule has 0 atom stereocenters. The van der Waals surface area contributed by atoms with E-state index in [1.54, 1.807) is 0 Å². The van der Waals surface area contributed by atoms with Crippen LogP contribution in [0.25, 0.3) is 11.1 Å². The van der Waals surface area contributed by atoms with Crippen molar-refractivity contribution >= 4 is 22.8 Å². The Balaban J connectivity index is 1.35. The minimum atomic E-state index is -0.138. The molecule has 0 aliphatic heterocycles. The van der Waals surface area contributed by atoms with Crippen LogP contribution in [0.5, 0.6) is 0 Å². The first kappa shape index (κ1) is 14.5. The maximum absolute atomic E-state index is 12.0. The van der Waals surface area contributed by atoms with Crippen LogP contribution in [0, 0.1) is 5.92 Å². The first-order chi connectivity index (χ1) is 11.3. The fourth-order valence-electron chi connectivity index (χ4n) is 3.33. The number of hydrogen-bond acceptors (Lipinski definition) is 3. The van der Waals surface area contributed by atoms with Crippen molar-refractivity contribution in [2.75, 3.05) is 11.9 Å². The van der Waals surface area contributed by atoms with Crippen LogP contribution in [0.15, 0.2) is 22.6 Å². The summed E-state index contributed by atoms with van der Waals surface area (Å²) in [4.78, 5) is 16.6. The van der Waals surface area contributed by atoms with Gasteiger partial charge in [0.15, 0.2) is 11.5 Å². The van der Waals surface area contributed by atoms with Crippen molar-refractivity contribution < 1.29 is 9.21 Å². The SMILES string of the molecule is O=C(NCC1CCCCC1)Nc1ccc2oc(C3CC3)nc2c1. The average molecular weight is 313 g/mol. The summed E-state index contributed by atoms with van der Waals surface area (Å²) in [5, 5.41) is 5.88. The first-order valence-electron chi connectivity index (χ1n) is 8.73. The number of nitrogens with zero attached hydrogens (tertiary/aromatic N) is 1. The van der Waals surface area contributed by atoms with E-state index in [0.29, 0.717) is 11.8 Å². The Labute approximate surface area is 135 Å². The predicted octanol–water partition coefficient (Wildman–Crippen LogP) is 4.41. The quantitative estimate of drug-likeness (QED) is 0.878. The molecule has 2 aromatic rings. The monoisotopic (exact) mass is 313 g/mol. The van der Waals surface area contributed by atoms with Crippen molar-refractivity contribution in [2.45, 2.75) is 50.9 Å². The van der Waals surface area contributed by atoms with Crippen LogP contribution in [0.3, 0.4) is 0 Å². The van der Waals surface area contributed by atoms with Crippen LogP contribution in [-0.4, -0.2) is 17.6 Å². The van der Waals surface area contributed by atoms with E-state index in [4.69, 9.17) is 4.42 Å². The van der Waals surface area contributed by atoms with Crippen LogP contribution in [0.1, 0.15) is 56.8 Å². The molecule has 0 unspecified atom stereocenters. The molecule has 1 aromatic heterocycles. The Bertz CT molecular complexity index is 699. The van der Waals surface area contributed by atoms with Gasteiger partial charge in [-0.1, -0.05) is 19.3 Å². The van der Waals surface area contributed by atoms with Gasteiger partial charge in [0.2, 0.25) is 0 Å². The number of carbonyl (C=O) groups excluding carboxylic acids is 1. The highest BCUT2D eigenvalue weighted by Gasteiger charge is 2.28. The minimum absolute atomic E-state index is 0.138. The van der Waals surface area contributed by atoms with Gasteiger partial charge in [0.1, 0.15) is 5.52 Å². The van der Waals surface area contributed by atoms with Crippen molar-refractivity contribution in [3.8, 4) is 0 Å². The summed E-state index contributed by atoms with van der Waals surface area (Å²) in [7, 11) is 0. The Kier molecular flexibility index (Phi) is 3.93. The van der Waals surface area contributed by atoms with Gasteiger partial charge in [0, 0.05) is 18.2 Å². The number of carbonyl (C=O) groups is 1. The fraction of sp³-hybridized carbons (Fsp3) is 0.556. The lowest BCUT2D eigenvalue weighted by molar-refractivity contribution is 0.247. The van der Waals surface area contributed by atoms with Gasteiger partial charge in [-0.2, -0.15) is 0 Å². The second-order valence-corrected chi connectivity index (χ2v) is 6.85. The molecule has 2 fully saturated rings. The number of urea groups is 1. The van der Waals surface area contributed by atoms with E-state index in [1.165, 1.54) is 44.9 Å². The van der Waals surface area contributed by atoms with Crippen molar-refractivity contribution in [2.24, 2.45) is 5.92 Å². The van der Waals surface area contributed by atoms with Crippen molar-refractivity contribution in [1.82, 2.24) is 10.3 Å². The summed E-state index contributed by atoms with van der Waals surface area (Å²) in [5.41, 5.74) is 2.37. The largest absolute Gasteiger partial charge is 0.440 e. The van der Waals surface area contributed by atoms with Crippen molar-refractivity contribution in [1.29, 1.82) is 0 Å². The molecule has 2 N–H and O–H groups in total. The lowest BCUT2D eigenvalue weighted by atomic mass is 9.89. The number of benzene rings is 1. The molecule has 0 bridgehead atoms. The van der Waals surface area contributed by atoms with Gasteiger partial charge in [-0.25, -0.2) is 9.78 Å². The molecule has 4 rings (SSSR count). The number of oxazole rings is 1. The van der Waals surface area contributed by atoms with Gasteiger partial charge in [-0.3, -0.25) is 0 Å². The summed E-state index contributed by atoms with van der Waals surface area (Å²) < 4.78 is 5.74. The Morgan fingerprint density at radius 1 is 1.17 bits per heavy atom. The number of rotatable bonds is 4. The normalized spacial score (nSPS) is 19.0. The molecule has 0 radical (unpaired) electrons. The Hall–Kier alpha value is -2.04. The number of fused-ring (bicyclic) bond motifs is 1. The summed E-state index contributed by atoms with van der Waals surface area (Å²) in [5.74, 6) is 1.96. The Morgan fingerprint density at radius 2 is 2.00 bits per heavy atom. The summed E-state index contributed by atoms with van der Waals surface area (Å²) in [6, 6.07) is 5.49. The molecule has 2 aliphatic carbocycles. The topological polar surface area (TPSA) is 67.2 Å². The van der Waals surface area contributed by atoms with E-state index in [0.717, 1.165) is 29.2 Å².